The van der Waals surface area contributed by atoms with Crippen molar-refractivity contribution in [3.8, 4) is 0 Å². The minimum absolute atomic E-state index is 0.272. The molecule has 2 nitrogen and oxygen atoms in total. The van der Waals surface area contributed by atoms with E-state index in [1.807, 2.05) is 0 Å². The van der Waals surface area contributed by atoms with Crippen LogP contribution in [0.15, 0.2) is 0 Å². The molecule has 0 spiro atoms. The molecule has 1 saturated heterocycles. The van der Waals surface area contributed by atoms with E-state index in [1.54, 1.807) is 0 Å². The summed E-state index contributed by atoms with van der Waals surface area (Å²) in [6, 6.07) is 0. The van der Waals surface area contributed by atoms with Gasteiger partial charge in [-0.25, -0.2) is 0 Å². The van der Waals surface area contributed by atoms with E-state index < -0.39 is 0 Å². The summed E-state index contributed by atoms with van der Waals surface area (Å²) in [6.07, 6.45) is 3.65. The average molecular weight is 230 g/mol. The third kappa shape index (κ3) is 2.89. The lowest BCUT2D eigenvalue weighted by Crippen LogP contribution is -2.57. The Morgan fingerprint density at radius 1 is 1.33 bits per heavy atom. The summed E-state index contributed by atoms with van der Waals surface area (Å²) in [5, 5.41) is 0.822. The van der Waals surface area contributed by atoms with E-state index in [0.29, 0.717) is 0 Å². The van der Waals surface area contributed by atoms with Crippen molar-refractivity contribution in [3.63, 3.8) is 0 Å². The van der Waals surface area contributed by atoms with E-state index >= 15 is 0 Å². The van der Waals surface area contributed by atoms with Crippen LogP contribution >= 0.6 is 11.8 Å². The Bertz CT molecular complexity index is 172. The molecule has 1 unspecified atom stereocenters. The van der Waals surface area contributed by atoms with E-state index in [0.717, 1.165) is 11.8 Å². The zero-order chi connectivity index (χ0) is 11.3. The first-order valence-corrected chi connectivity index (χ1v) is 7.34. The highest BCUT2D eigenvalue weighted by atomic mass is 32.2. The van der Waals surface area contributed by atoms with Crippen molar-refractivity contribution in [1.82, 2.24) is 4.90 Å². The first kappa shape index (κ1) is 13.3. The predicted octanol–water partition coefficient (Wildman–Crippen LogP) is 2.33. The third-order valence-electron chi connectivity index (χ3n) is 3.96. The van der Waals surface area contributed by atoms with Crippen molar-refractivity contribution in [2.75, 3.05) is 25.4 Å². The fourth-order valence-electron chi connectivity index (χ4n) is 2.51. The molecule has 0 aliphatic carbocycles. The summed E-state index contributed by atoms with van der Waals surface area (Å²) < 4.78 is 0. The van der Waals surface area contributed by atoms with E-state index in [-0.39, 0.29) is 5.54 Å². The minimum Gasteiger partial charge on any atom is -0.329 e. The van der Waals surface area contributed by atoms with Crippen molar-refractivity contribution in [3.05, 3.63) is 0 Å². The molecule has 0 aromatic heterocycles. The smallest absolute Gasteiger partial charge is 0.0327 e. The van der Waals surface area contributed by atoms with E-state index in [1.165, 1.54) is 38.1 Å². The fourth-order valence-corrected chi connectivity index (χ4v) is 3.69. The first-order valence-electron chi connectivity index (χ1n) is 6.29. The maximum atomic E-state index is 6.00. The van der Waals surface area contributed by atoms with E-state index in [2.05, 4.69) is 37.4 Å². The van der Waals surface area contributed by atoms with Gasteiger partial charge >= 0.3 is 0 Å². The number of rotatable bonds is 5. The van der Waals surface area contributed by atoms with Crippen LogP contribution in [0.3, 0.4) is 0 Å². The van der Waals surface area contributed by atoms with E-state index in [9.17, 15) is 0 Å². The molecule has 90 valence electrons. The monoisotopic (exact) mass is 230 g/mol. The number of thioether (sulfide) groups is 1. The van der Waals surface area contributed by atoms with Crippen LogP contribution < -0.4 is 5.73 Å². The van der Waals surface area contributed by atoms with Gasteiger partial charge in [-0.3, -0.25) is 4.90 Å². The molecule has 1 aliphatic heterocycles. The fraction of sp³-hybridized carbons (Fsp3) is 1.00. The maximum absolute atomic E-state index is 6.00. The lowest BCUT2D eigenvalue weighted by atomic mass is 9.90. The number of hydrogen-bond acceptors (Lipinski definition) is 3. The standard InChI is InChI=1S/C12H26N2S/c1-4-11-9-14(7-8-15-11)12(5-2,6-3)10-13/h11H,4-10,13H2,1-3H3. The molecule has 1 atom stereocenters. The summed E-state index contributed by atoms with van der Waals surface area (Å²) in [7, 11) is 0. The van der Waals surface area contributed by atoms with Crippen LogP contribution in [-0.2, 0) is 0 Å². The van der Waals surface area contributed by atoms with Crippen LogP contribution in [-0.4, -0.2) is 41.1 Å². The second-order valence-electron chi connectivity index (χ2n) is 4.48. The van der Waals surface area contributed by atoms with Gasteiger partial charge < -0.3 is 5.73 Å². The van der Waals surface area contributed by atoms with Crippen molar-refractivity contribution >= 4 is 11.8 Å². The van der Waals surface area contributed by atoms with Gasteiger partial charge in [-0.05, 0) is 19.3 Å². The molecular formula is C12H26N2S. The number of nitrogens with two attached hydrogens (primary N) is 1. The molecule has 1 heterocycles. The molecule has 3 heteroatoms. The molecule has 0 amide bonds. The van der Waals surface area contributed by atoms with Crippen LogP contribution in [0.2, 0.25) is 0 Å². The molecular weight excluding hydrogens is 204 g/mol. The van der Waals surface area contributed by atoms with Crippen LogP contribution in [0.25, 0.3) is 0 Å². The molecule has 0 aromatic rings. The van der Waals surface area contributed by atoms with Crippen molar-refractivity contribution in [2.45, 2.75) is 50.8 Å². The second-order valence-corrected chi connectivity index (χ2v) is 5.89. The van der Waals surface area contributed by atoms with Crippen LogP contribution in [0, 0.1) is 0 Å². The zero-order valence-corrected chi connectivity index (χ0v) is 11.3. The maximum Gasteiger partial charge on any atom is 0.0327 e. The Morgan fingerprint density at radius 2 is 2.00 bits per heavy atom. The van der Waals surface area contributed by atoms with Gasteiger partial charge in [0.15, 0.2) is 0 Å². The van der Waals surface area contributed by atoms with Crippen molar-refractivity contribution in [1.29, 1.82) is 0 Å². The number of nitrogens with zero attached hydrogens (tertiary/aromatic N) is 1. The molecule has 15 heavy (non-hydrogen) atoms. The number of hydrogen-bond donors (Lipinski definition) is 1. The predicted molar refractivity (Wildman–Crippen MR) is 70.5 cm³/mol. The highest BCUT2D eigenvalue weighted by Gasteiger charge is 2.34. The Morgan fingerprint density at radius 3 is 2.47 bits per heavy atom. The van der Waals surface area contributed by atoms with Gasteiger partial charge in [0.2, 0.25) is 0 Å². The molecule has 0 radical (unpaired) electrons. The molecule has 1 aliphatic rings. The summed E-state index contributed by atoms with van der Waals surface area (Å²) in [5.41, 5.74) is 6.27. The first-order chi connectivity index (χ1) is 7.22. The van der Waals surface area contributed by atoms with Crippen LogP contribution in [0.1, 0.15) is 40.0 Å². The zero-order valence-electron chi connectivity index (χ0n) is 10.5. The van der Waals surface area contributed by atoms with Gasteiger partial charge in [0.05, 0.1) is 0 Å². The molecule has 2 N–H and O–H groups in total. The van der Waals surface area contributed by atoms with Crippen LogP contribution in [0.4, 0.5) is 0 Å². The van der Waals surface area contributed by atoms with Crippen molar-refractivity contribution in [2.24, 2.45) is 5.73 Å². The van der Waals surface area contributed by atoms with Crippen LogP contribution in [0.5, 0.6) is 0 Å². The Kier molecular flexibility index (Phi) is 5.44. The molecule has 1 rings (SSSR count). The molecule has 1 fully saturated rings. The molecule has 0 aromatic carbocycles. The lowest BCUT2D eigenvalue weighted by molar-refractivity contribution is 0.0884. The Labute approximate surface area is 99.0 Å². The second kappa shape index (κ2) is 6.12. The van der Waals surface area contributed by atoms with Gasteiger partial charge in [0, 0.05) is 36.2 Å². The highest BCUT2D eigenvalue weighted by Crippen LogP contribution is 2.30. The Hall–Kier alpha value is 0.270. The summed E-state index contributed by atoms with van der Waals surface area (Å²) in [4.78, 5) is 2.65. The largest absolute Gasteiger partial charge is 0.329 e. The summed E-state index contributed by atoms with van der Waals surface area (Å²) in [5.74, 6) is 1.28. The third-order valence-corrected chi connectivity index (χ3v) is 5.33. The normalized spacial score (nSPS) is 24.4. The van der Waals surface area contributed by atoms with Gasteiger partial charge in [0.25, 0.3) is 0 Å². The molecule has 0 saturated carbocycles. The average Bonchev–Trinajstić information content (AvgIpc) is 2.32. The van der Waals surface area contributed by atoms with Crippen molar-refractivity contribution < 1.29 is 0 Å². The Balaban J connectivity index is 2.66. The quantitative estimate of drug-likeness (QED) is 0.786. The lowest BCUT2D eigenvalue weighted by Gasteiger charge is -2.46. The molecule has 0 bridgehead atoms. The summed E-state index contributed by atoms with van der Waals surface area (Å²) in [6.45, 7) is 10.1. The topological polar surface area (TPSA) is 29.3 Å². The van der Waals surface area contributed by atoms with Gasteiger partial charge in [-0.1, -0.05) is 20.8 Å². The van der Waals surface area contributed by atoms with Gasteiger partial charge in [-0.2, -0.15) is 11.8 Å². The highest BCUT2D eigenvalue weighted by molar-refractivity contribution is 8.00. The van der Waals surface area contributed by atoms with Gasteiger partial charge in [-0.15, -0.1) is 0 Å². The van der Waals surface area contributed by atoms with E-state index in [4.69, 9.17) is 5.73 Å². The SMILES string of the molecule is CCC1CN(C(CC)(CC)CN)CCS1. The van der Waals surface area contributed by atoms with Gasteiger partial charge in [0.1, 0.15) is 0 Å². The summed E-state index contributed by atoms with van der Waals surface area (Å²) >= 11 is 2.13. The minimum atomic E-state index is 0.272.